The molecule has 2 heterocycles. The number of aryl methyl sites for hydroxylation is 1. The summed E-state index contributed by atoms with van der Waals surface area (Å²) in [6.45, 7) is 3.48. The molecule has 1 saturated heterocycles. The number of rotatable bonds is 3. The summed E-state index contributed by atoms with van der Waals surface area (Å²) in [6.07, 6.45) is 3.20. The minimum absolute atomic E-state index is 0. The Labute approximate surface area is 124 Å². The standard InChI is InChI=1S/C11H16ClN3O2S.ClH/c1-8-6-14-11(15-10(8)12)18(16,17)7-9-2-4-13-5-3-9;/h6,9,13H,2-5,7H2,1H3;1H. The Balaban J connectivity index is 0.00000180. The normalized spacial score (nSPS) is 16.9. The summed E-state index contributed by atoms with van der Waals surface area (Å²) in [5.74, 6) is 0.286. The Morgan fingerprint density at radius 3 is 2.63 bits per heavy atom. The van der Waals surface area contributed by atoms with E-state index >= 15 is 0 Å². The van der Waals surface area contributed by atoms with Crippen molar-refractivity contribution in [1.29, 1.82) is 0 Å². The Hall–Kier alpha value is -0.430. The van der Waals surface area contributed by atoms with Gasteiger partial charge in [-0.05, 0) is 38.8 Å². The third-order valence-corrected chi connectivity index (χ3v) is 5.13. The summed E-state index contributed by atoms with van der Waals surface area (Å²) >= 11 is 5.84. The fraction of sp³-hybridized carbons (Fsp3) is 0.636. The van der Waals surface area contributed by atoms with Crippen LogP contribution in [0.2, 0.25) is 5.15 Å². The minimum atomic E-state index is -3.43. The minimum Gasteiger partial charge on any atom is -0.317 e. The van der Waals surface area contributed by atoms with Gasteiger partial charge in [-0.3, -0.25) is 0 Å². The maximum Gasteiger partial charge on any atom is 0.248 e. The van der Waals surface area contributed by atoms with Crippen molar-refractivity contribution in [1.82, 2.24) is 15.3 Å². The molecule has 0 aliphatic carbocycles. The Kier molecular flexibility index (Phi) is 5.98. The molecular weight excluding hydrogens is 309 g/mol. The molecule has 0 radical (unpaired) electrons. The van der Waals surface area contributed by atoms with Crippen LogP contribution in [0, 0.1) is 12.8 Å². The maximum atomic E-state index is 12.2. The van der Waals surface area contributed by atoms with Crippen LogP contribution in [0.15, 0.2) is 11.4 Å². The summed E-state index contributed by atoms with van der Waals surface area (Å²) in [7, 11) is -3.43. The lowest BCUT2D eigenvalue weighted by Gasteiger charge is -2.21. The molecule has 108 valence electrons. The van der Waals surface area contributed by atoms with Gasteiger partial charge >= 0.3 is 0 Å². The van der Waals surface area contributed by atoms with E-state index in [1.54, 1.807) is 6.92 Å². The quantitative estimate of drug-likeness (QED) is 0.675. The Morgan fingerprint density at radius 1 is 1.42 bits per heavy atom. The predicted octanol–water partition coefficient (Wildman–Crippen LogP) is 1.63. The molecule has 0 atom stereocenters. The van der Waals surface area contributed by atoms with Crippen LogP contribution in [0.1, 0.15) is 18.4 Å². The number of halogens is 2. The van der Waals surface area contributed by atoms with Gasteiger partial charge in [-0.15, -0.1) is 12.4 Å². The average molecular weight is 326 g/mol. The van der Waals surface area contributed by atoms with E-state index < -0.39 is 9.84 Å². The van der Waals surface area contributed by atoms with Crippen molar-refractivity contribution in [2.24, 2.45) is 5.92 Å². The van der Waals surface area contributed by atoms with Crippen LogP contribution < -0.4 is 5.32 Å². The average Bonchev–Trinajstić information content (AvgIpc) is 2.33. The van der Waals surface area contributed by atoms with Gasteiger partial charge in [0.2, 0.25) is 15.0 Å². The number of nitrogens with zero attached hydrogens (tertiary/aromatic N) is 2. The highest BCUT2D eigenvalue weighted by Crippen LogP contribution is 2.19. The number of hydrogen-bond donors (Lipinski definition) is 1. The second kappa shape index (κ2) is 6.83. The van der Waals surface area contributed by atoms with E-state index in [0.717, 1.165) is 25.9 Å². The van der Waals surface area contributed by atoms with Crippen molar-refractivity contribution in [3.63, 3.8) is 0 Å². The molecule has 0 unspecified atom stereocenters. The zero-order valence-corrected chi connectivity index (χ0v) is 13.0. The van der Waals surface area contributed by atoms with Gasteiger partial charge in [-0.25, -0.2) is 18.4 Å². The zero-order valence-electron chi connectivity index (χ0n) is 10.6. The molecule has 0 aromatic carbocycles. The van der Waals surface area contributed by atoms with Gasteiger partial charge in [0.05, 0.1) is 5.75 Å². The molecule has 1 fully saturated rings. The third-order valence-electron chi connectivity index (χ3n) is 3.08. The number of aromatic nitrogens is 2. The van der Waals surface area contributed by atoms with E-state index in [-0.39, 0.29) is 34.4 Å². The van der Waals surface area contributed by atoms with Crippen LogP contribution in [0.5, 0.6) is 0 Å². The van der Waals surface area contributed by atoms with Crippen LogP contribution in [0.3, 0.4) is 0 Å². The van der Waals surface area contributed by atoms with Gasteiger partial charge in [0.25, 0.3) is 0 Å². The molecular formula is C11H17Cl2N3O2S. The first-order valence-corrected chi connectivity index (χ1v) is 7.94. The van der Waals surface area contributed by atoms with Crippen LogP contribution in [0.25, 0.3) is 0 Å². The lowest BCUT2D eigenvalue weighted by atomic mass is 10.0. The van der Waals surface area contributed by atoms with Crippen LogP contribution in [-0.2, 0) is 9.84 Å². The van der Waals surface area contributed by atoms with Crippen molar-refractivity contribution < 1.29 is 8.42 Å². The van der Waals surface area contributed by atoms with Crippen molar-refractivity contribution >= 4 is 33.8 Å². The van der Waals surface area contributed by atoms with Crippen molar-refractivity contribution in [3.8, 4) is 0 Å². The molecule has 0 amide bonds. The van der Waals surface area contributed by atoms with E-state index in [2.05, 4.69) is 15.3 Å². The first-order valence-electron chi connectivity index (χ1n) is 5.91. The van der Waals surface area contributed by atoms with Crippen molar-refractivity contribution in [3.05, 3.63) is 16.9 Å². The molecule has 1 N–H and O–H groups in total. The summed E-state index contributed by atoms with van der Waals surface area (Å²) < 4.78 is 24.3. The fourth-order valence-electron chi connectivity index (χ4n) is 1.99. The van der Waals surface area contributed by atoms with Gasteiger partial charge in [-0.1, -0.05) is 11.6 Å². The molecule has 0 spiro atoms. The molecule has 1 aliphatic rings. The van der Waals surface area contributed by atoms with E-state index in [0.29, 0.717) is 5.56 Å². The van der Waals surface area contributed by atoms with E-state index in [1.165, 1.54) is 6.20 Å². The SMILES string of the molecule is Cc1cnc(S(=O)(=O)CC2CCNCC2)nc1Cl.Cl. The molecule has 1 aromatic heterocycles. The summed E-state index contributed by atoms with van der Waals surface area (Å²) in [5, 5.41) is 3.26. The summed E-state index contributed by atoms with van der Waals surface area (Å²) in [5.41, 5.74) is 0.678. The zero-order chi connectivity index (χ0) is 13.2. The van der Waals surface area contributed by atoms with E-state index in [9.17, 15) is 8.42 Å². The number of nitrogens with one attached hydrogen (secondary N) is 1. The first kappa shape index (κ1) is 16.6. The first-order chi connectivity index (χ1) is 8.49. The lowest BCUT2D eigenvalue weighted by molar-refractivity contribution is 0.400. The van der Waals surface area contributed by atoms with Crippen molar-refractivity contribution in [2.75, 3.05) is 18.8 Å². The summed E-state index contributed by atoms with van der Waals surface area (Å²) in [4.78, 5) is 7.74. The molecule has 1 aliphatic heterocycles. The van der Waals surface area contributed by atoms with E-state index in [4.69, 9.17) is 11.6 Å². The second-order valence-electron chi connectivity index (χ2n) is 4.60. The predicted molar refractivity (Wildman–Crippen MR) is 76.7 cm³/mol. The fourth-order valence-corrected chi connectivity index (χ4v) is 3.72. The monoisotopic (exact) mass is 325 g/mol. The molecule has 0 bridgehead atoms. The van der Waals surface area contributed by atoms with E-state index in [1.807, 2.05) is 0 Å². The number of piperidine rings is 1. The van der Waals surface area contributed by atoms with Crippen LogP contribution >= 0.6 is 24.0 Å². The molecule has 2 rings (SSSR count). The molecule has 0 saturated carbocycles. The highest BCUT2D eigenvalue weighted by atomic mass is 35.5. The van der Waals surface area contributed by atoms with Gasteiger partial charge in [0, 0.05) is 11.8 Å². The lowest BCUT2D eigenvalue weighted by Crippen LogP contribution is -2.31. The van der Waals surface area contributed by atoms with Crippen molar-refractivity contribution in [2.45, 2.75) is 24.9 Å². The largest absolute Gasteiger partial charge is 0.317 e. The Bertz CT molecular complexity index is 531. The van der Waals surface area contributed by atoms with Gasteiger partial charge in [0.15, 0.2) is 0 Å². The Morgan fingerprint density at radius 2 is 2.05 bits per heavy atom. The second-order valence-corrected chi connectivity index (χ2v) is 6.89. The maximum absolute atomic E-state index is 12.2. The molecule has 1 aromatic rings. The van der Waals surface area contributed by atoms with Gasteiger partial charge in [0.1, 0.15) is 5.15 Å². The van der Waals surface area contributed by atoms with Crippen LogP contribution in [0.4, 0.5) is 0 Å². The van der Waals surface area contributed by atoms with Crippen LogP contribution in [-0.4, -0.2) is 37.2 Å². The molecule has 19 heavy (non-hydrogen) atoms. The van der Waals surface area contributed by atoms with Gasteiger partial charge < -0.3 is 5.32 Å². The molecule has 5 nitrogen and oxygen atoms in total. The van der Waals surface area contributed by atoms with Gasteiger partial charge in [-0.2, -0.15) is 0 Å². The topological polar surface area (TPSA) is 72.0 Å². The smallest absolute Gasteiger partial charge is 0.248 e. The highest BCUT2D eigenvalue weighted by molar-refractivity contribution is 7.91. The molecule has 8 heteroatoms. The number of hydrogen-bond acceptors (Lipinski definition) is 5. The third kappa shape index (κ3) is 4.27. The highest BCUT2D eigenvalue weighted by Gasteiger charge is 2.25. The number of sulfone groups is 1. The summed E-state index contributed by atoms with van der Waals surface area (Å²) in [6, 6.07) is 0.